The molecule has 72 valence electrons. The van der Waals surface area contributed by atoms with Crippen LogP contribution in [0.15, 0.2) is 24.8 Å². The van der Waals surface area contributed by atoms with Crippen LogP contribution in [0.1, 0.15) is 28.3 Å². The van der Waals surface area contributed by atoms with Crippen molar-refractivity contribution in [1.82, 2.24) is 0 Å². The van der Waals surface area contributed by atoms with Crippen LogP contribution in [-0.2, 0) is 0 Å². The fourth-order valence-electron chi connectivity index (χ4n) is 1.45. The molecule has 0 aliphatic carbocycles. The number of hydrogen-bond donors (Lipinski definition) is 1. The van der Waals surface area contributed by atoms with Gasteiger partial charge in [-0.05, 0) is 36.6 Å². The highest BCUT2D eigenvalue weighted by atomic mass is 14.6. The van der Waals surface area contributed by atoms with Gasteiger partial charge in [-0.25, -0.2) is 0 Å². The lowest BCUT2D eigenvalue weighted by Gasteiger charge is -2.12. The van der Waals surface area contributed by atoms with E-state index in [2.05, 4.69) is 12.6 Å². The van der Waals surface area contributed by atoms with E-state index in [-0.39, 0.29) is 6.04 Å². The third-order valence-corrected chi connectivity index (χ3v) is 2.35. The second-order valence-electron chi connectivity index (χ2n) is 3.40. The molecule has 0 heterocycles. The first-order valence-electron chi connectivity index (χ1n) is 4.49. The first kappa shape index (κ1) is 10.5. The van der Waals surface area contributed by atoms with Gasteiger partial charge in [0, 0.05) is 6.04 Å². The van der Waals surface area contributed by atoms with Crippen LogP contribution in [0.3, 0.4) is 0 Å². The normalized spacial score (nSPS) is 11.9. The second kappa shape index (κ2) is 4.08. The van der Waals surface area contributed by atoms with E-state index in [1.807, 2.05) is 26.0 Å². The van der Waals surface area contributed by atoms with E-state index in [0.717, 1.165) is 16.7 Å². The number of benzene rings is 1. The van der Waals surface area contributed by atoms with Gasteiger partial charge in [0.25, 0.3) is 0 Å². The summed E-state index contributed by atoms with van der Waals surface area (Å²) in [6, 6.07) is 5.83. The second-order valence-corrected chi connectivity index (χ2v) is 3.40. The predicted octanol–water partition coefficient (Wildman–Crippen LogP) is 2.36. The molecular weight excluding hydrogens is 172 g/mol. The van der Waals surface area contributed by atoms with Gasteiger partial charge in [-0.2, -0.15) is 5.26 Å². The molecule has 1 aromatic rings. The van der Waals surface area contributed by atoms with Crippen molar-refractivity contribution in [1.29, 1.82) is 5.26 Å². The van der Waals surface area contributed by atoms with Gasteiger partial charge in [0.2, 0.25) is 0 Å². The van der Waals surface area contributed by atoms with E-state index < -0.39 is 0 Å². The standard InChI is InChI=1S/C12H14N2/c1-4-12(14)11-6-8(2)10(7-13)5-9(11)3/h4-6,12H,1,14H2,2-3H3/t12-/m1/s1. The summed E-state index contributed by atoms with van der Waals surface area (Å²) in [5, 5.41) is 8.83. The van der Waals surface area contributed by atoms with Gasteiger partial charge in [0.05, 0.1) is 11.6 Å². The average Bonchev–Trinajstić information content (AvgIpc) is 2.19. The summed E-state index contributed by atoms with van der Waals surface area (Å²) in [4.78, 5) is 0. The lowest BCUT2D eigenvalue weighted by Crippen LogP contribution is -2.09. The molecule has 0 saturated carbocycles. The van der Waals surface area contributed by atoms with Crippen molar-refractivity contribution in [3.63, 3.8) is 0 Å². The molecule has 14 heavy (non-hydrogen) atoms. The van der Waals surface area contributed by atoms with Crippen molar-refractivity contribution >= 4 is 0 Å². The van der Waals surface area contributed by atoms with Gasteiger partial charge < -0.3 is 5.73 Å². The summed E-state index contributed by atoms with van der Waals surface area (Å²) in [6.45, 7) is 7.53. The van der Waals surface area contributed by atoms with Crippen molar-refractivity contribution in [2.45, 2.75) is 19.9 Å². The Labute approximate surface area is 84.7 Å². The molecule has 0 aliphatic rings. The maximum Gasteiger partial charge on any atom is 0.0994 e. The lowest BCUT2D eigenvalue weighted by molar-refractivity contribution is 0.899. The molecule has 0 spiro atoms. The number of nitrogens with zero attached hydrogens (tertiary/aromatic N) is 1. The quantitative estimate of drug-likeness (QED) is 0.721. The molecule has 0 fully saturated rings. The minimum atomic E-state index is -0.151. The largest absolute Gasteiger partial charge is 0.321 e. The Morgan fingerprint density at radius 3 is 2.57 bits per heavy atom. The summed E-state index contributed by atoms with van der Waals surface area (Å²) < 4.78 is 0. The summed E-state index contributed by atoms with van der Waals surface area (Å²) in [5.41, 5.74) is 9.61. The third kappa shape index (κ3) is 1.84. The molecule has 0 saturated heterocycles. The van der Waals surface area contributed by atoms with Crippen LogP contribution in [0.2, 0.25) is 0 Å². The summed E-state index contributed by atoms with van der Waals surface area (Å²) in [5.74, 6) is 0. The van der Waals surface area contributed by atoms with Gasteiger partial charge in [-0.3, -0.25) is 0 Å². The van der Waals surface area contributed by atoms with E-state index in [9.17, 15) is 0 Å². The van der Waals surface area contributed by atoms with Crippen molar-refractivity contribution in [2.75, 3.05) is 0 Å². The Hall–Kier alpha value is -1.59. The molecule has 0 amide bonds. The molecule has 0 aliphatic heterocycles. The van der Waals surface area contributed by atoms with Gasteiger partial charge in [0.1, 0.15) is 0 Å². The molecule has 0 radical (unpaired) electrons. The molecular formula is C12H14N2. The third-order valence-electron chi connectivity index (χ3n) is 2.35. The van der Waals surface area contributed by atoms with E-state index >= 15 is 0 Å². The van der Waals surface area contributed by atoms with Gasteiger partial charge in [0.15, 0.2) is 0 Å². The van der Waals surface area contributed by atoms with E-state index in [0.29, 0.717) is 5.56 Å². The van der Waals surface area contributed by atoms with Crippen molar-refractivity contribution in [3.05, 3.63) is 47.0 Å². The van der Waals surface area contributed by atoms with Gasteiger partial charge in [-0.15, -0.1) is 6.58 Å². The molecule has 2 N–H and O–H groups in total. The maximum atomic E-state index is 8.83. The van der Waals surface area contributed by atoms with E-state index in [1.165, 1.54) is 0 Å². The smallest absolute Gasteiger partial charge is 0.0994 e. The van der Waals surface area contributed by atoms with Crippen molar-refractivity contribution in [3.8, 4) is 6.07 Å². The number of nitriles is 1. The zero-order valence-electron chi connectivity index (χ0n) is 8.54. The van der Waals surface area contributed by atoms with Crippen LogP contribution < -0.4 is 5.73 Å². The minimum Gasteiger partial charge on any atom is -0.321 e. The zero-order valence-corrected chi connectivity index (χ0v) is 8.54. The van der Waals surface area contributed by atoms with E-state index in [4.69, 9.17) is 11.0 Å². The van der Waals surface area contributed by atoms with Crippen LogP contribution in [0, 0.1) is 25.2 Å². The van der Waals surface area contributed by atoms with Crippen LogP contribution in [0.25, 0.3) is 0 Å². The Morgan fingerprint density at radius 1 is 1.43 bits per heavy atom. The number of rotatable bonds is 2. The fraction of sp³-hybridized carbons (Fsp3) is 0.250. The molecule has 0 bridgehead atoms. The van der Waals surface area contributed by atoms with Crippen LogP contribution >= 0.6 is 0 Å². The summed E-state index contributed by atoms with van der Waals surface area (Å²) in [7, 11) is 0. The van der Waals surface area contributed by atoms with Gasteiger partial charge >= 0.3 is 0 Å². The Bertz CT molecular complexity index is 400. The molecule has 0 unspecified atom stereocenters. The monoisotopic (exact) mass is 186 g/mol. The number of hydrogen-bond acceptors (Lipinski definition) is 2. The predicted molar refractivity (Wildman–Crippen MR) is 57.8 cm³/mol. The summed E-state index contributed by atoms with van der Waals surface area (Å²) in [6.07, 6.45) is 1.70. The SMILES string of the molecule is C=C[C@@H](N)c1cc(C)c(C#N)cc1C. The number of aryl methyl sites for hydroxylation is 2. The van der Waals surface area contributed by atoms with Crippen molar-refractivity contribution < 1.29 is 0 Å². The summed E-state index contributed by atoms with van der Waals surface area (Å²) >= 11 is 0. The Kier molecular flexibility index (Phi) is 3.06. The average molecular weight is 186 g/mol. The molecule has 1 rings (SSSR count). The Balaban J connectivity index is 3.30. The first-order valence-corrected chi connectivity index (χ1v) is 4.49. The zero-order chi connectivity index (χ0) is 10.7. The minimum absolute atomic E-state index is 0.151. The van der Waals surface area contributed by atoms with Crippen LogP contribution in [0.4, 0.5) is 0 Å². The fourth-order valence-corrected chi connectivity index (χ4v) is 1.45. The molecule has 1 aromatic carbocycles. The Morgan fingerprint density at radius 2 is 2.07 bits per heavy atom. The van der Waals surface area contributed by atoms with Crippen LogP contribution in [0.5, 0.6) is 0 Å². The van der Waals surface area contributed by atoms with Gasteiger partial charge in [-0.1, -0.05) is 12.1 Å². The maximum absolute atomic E-state index is 8.83. The number of nitrogens with two attached hydrogens (primary N) is 1. The lowest BCUT2D eigenvalue weighted by atomic mass is 9.96. The molecule has 2 heteroatoms. The van der Waals surface area contributed by atoms with Crippen molar-refractivity contribution in [2.24, 2.45) is 5.73 Å². The molecule has 0 aromatic heterocycles. The topological polar surface area (TPSA) is 49.8 Å². The van der Waals surface area contributed by atoms with Crippen LogP contribution in [-0.4, -0.2) is 0 Å². The molecule has 2 nitrogen and oxygen atoms in total. The highest BCUT2D eigenvalue weighted by Crippen LogP contribution is 2.20. The molecule has 1 atom stereocenters. The van der Waals surface area contributed by atoms with E-state index in [1.54, 1.807) is 6.08 Å². The highest BCUT2D eigenvalue weighted by Gasteiger charge is 2.08. The highest BCUT2D eigenvalue weighted by molar-refractivity contribution is 5.45. The first-order chi connectivity index (χ1) is 6.60.